The monoisotopic (exact) mass is 358 g/mol. The van der Waals surface area contributed by atoms with Gasteiger partial charge in [-0.1, -0.05) is 17.3 Å². The van der Waals surface area contributed by atoms with Crippen LogP contribution in [0.25, 0.3) is 22.2 Å². The molecule has 5 rings (SSSR count). The zero-order chi connectivity index (χ0) is 18.2. The fourth-order valence-electron chi connectivity index (χ4n) is 2.84. The lowest BCUT2D eigenvalue weighted by Crippen LogP contribution is -2.04. The van der Waals surface area contributed by atoms with E-state index in [-0.39, 0.29) is 0 Å². The molecule has 0 saturated carbocycles. The summed E-state index contributed by atoms with van der Waals surface area (Å²) in [4.78, 5) is 17.4. The van der Waals surface area contributed by atoms with Crippen molar-refractivity contribution in [3.05, 3.63) is 60.2 Å². The van der Waals surface area contributed by atoms with Crippen LogP contribution in [0.2, 0.25) is 0 Å². The van der Waals surface area contributed by atoms with Crippen molar-refractivity contribution in [2.45, 2.75) is 13.5 Å². The first-order chi connectivity index (χ1) is 13.2. The predicted molar refractivity (Wildman–Crippen MR) is 98.5 cm³/mol. The molecule has 1 aromatic carbocycles. The Morgan fingerprint density at radius 2 is 2.11 bits per heavy atom. The third-order valence-electron chi connectivity index (χ3n) is 4.08. The van der Waals surface area contributed by atoms with Crippen molar-refractivity contribution in [3.8, 4) is 0 Å². The second kappa shape index (κ2) is 6.13. The lowest BCUT2D eigenvalue weighted by atomic mass is 10.1. The van der Waals surface area contributed by atoms with Crippen LogP contribution in [0.3, 0.4) is 0 Å². The number of anilines is 2. The van der Waals surface area contributed by atoms with Crippen molar-refractivity contribution in [2.24, 2.45) is 0 Å². The first-order valence-electron chi connectivity index (χ1n) is 8.34. The Bertz CT molecular complexity index is 1260. The van der Waals surface area contributed by atoms with Gasteiger partial charge in [0.25, 0.3) is 0 Å². The van der Waals surface area contributed by atoms with Gasteiger partial charge in [-0.2, -0.15) is 4.98 Å². The summed E-state index contributed by atoms with van der Waals surface area (Å²) in [6.07, 6.45) is 4.92. The Kier molecular flexibility index (Phi) is 3.49. The Morgan fingerprint density at radius 1 is 1.15 bits per heavy atom. The lowest BCUT2D eigenvalue weighted by Gasteiger charge is -2.05. The summed E-state index contributed by atoms with van der Waals surface area (Å²) in [6, 6.07) is 10.4. The molecule has 0 radical (unpaired) electrons. The molecule has 132 valence electrons. The van der Waals surface area contributed by atoms with Gasteiger partial charge in [0.15, 0.2) is 11.5 Å². The molecule has 0 fully saturated rings. The zero-order valence-electron chi connectivity index (χ0n) is 14.4. The minimum atomic E-state index is 0.363. The SMILES string of the molecule is Cc1coc(Nc2cnc3nnn(Cc4ccc5ncccc5c4)c3n2)n1. The van der Waals surface area contributed by atoms with Crippen molar-refractivity contribution < 1.29 is 4.42 Å². The number of aryl methyl sites for hydroxylation is 1. The molecular weight excluding hydrogens is 344 g/mol. The first kappa shape index (κ1) is 15.4. The second-order valence-corrected chi connectivity index (χ2v) is 6.10. The molecule has 1 N–H and O–H groups in total. The number of hydrogen-bond acceptors (Lipinski definition) is 8. The molecule has 0 unspecified atom stereocenters. The number of nitrogens with zero attached hydrogens (tertiary/aromatic N) is 7. The third-order valence-corrected chi connectivity index (χ3v) is 4.08. The first-order valence-corrected chi connectivity index (χ1v) is 8.34. The van der Waals surface area contributed by atoms with Crippen LogP contribution in [0.5, 0.6) is 0 Å². The van der Waals surface area contributed by atoms with Crippen LogP contribution >= 0.6 is 0 Å². The molecule has 0 aliphatic heterocycles. The predicted octanol–water partition coefficient (Wildman–Crippen LogP) is 2.86. The molecule has 5 aromatic rings. The Labute approximate surface area is 153 Å². The lowest BCUT2D eigenvalue weighted by molar-refractivity contribution is 0.576. The molecule has 0 saturated heterocycles. The molecule has 0 aliphatic carbocycles. The van der Waals surface area contributed by atoms with Gasteiger partial charge in [-0.15, -0.1) is 5.10 Å². The average Bonchev–Trinajstić information content (AvgIpc) is 3.28. The molecule has 0 bridgehead atoms. The summed E-state index contributed by atoms with van der Waals surface area (Å²) in [7, 11) is 0. The third kappa shape index (κ3) is 2.95. The van der Waals surface area contributed by atoms with E-state index in [1.807, 2.05) is 31.2 Å². The molecule has 9 heteroatoms. The van der Waals surface area contributed by atoms with Crippen LogP contribution in [-0.4, -0.2) is 34.9 Å². The van der Waals surface area contributed by atoms with Gasteiger partial charge in [-0.3, -0.25) is 10.3 Å². The van der Waals surface area contributed by atoms with Crippen molar-refractivity contribution in [1.82, 2.24) is 34.9 Å². The highest BCUT2D eigenvalue weighted by atomic mass is 16.4. The second-order valence-electron chi connectivity index (χ2n) is 6.10. The van der Waals surface area contributed by atoms with Crippen LogP contribution < -0.4 is 5.32 Å². The maximum atomic E-state index is 5.29. The number of oxazole rings is 1. The summed E-state index contributed by atoms with van der Waals surface area (Å²) in [5.41, 5.74) is 3.87. The molecule has 27 heavy (non-hydrogen) atoms. The fraction of sp³-hybridized carbons (Fsp3) is 0.111. The number of fused-ring (bicyclic) bond motifs is 2. The molecule has 4 aromatic heterocycles. The summed E-state index contributed by atoms with van der Waals surface area (Å²) < 4.78 is 7.01. The molecule has 0 aliphatic rings. The standard InChI is InChI=1S/C18H14N8O/c1-11-10-27-18(21-11)23-15-8-20-16-17(22-15)26(25-24-16)9-12-4-5-14-13(7-12)3-2-6-19-14/h2-8,10H,9H2,1H3,(H,21,22,23). The summed E-state index contributed by atoms with van der Waals surface area (Å²) in [5, 5.41) is 12.3. The minimum absolute atomic E-state index is 0.363. The highest BCUT2D eigenvalue weighted by molar-refractivity contribution is 5.79. The van der Waals surface area contributed by atoms with E-state index in [0.29, 0.717) is 29.7 Å². The molecule has 0 atom stereocenters. The van der Waals surface area contributed by atoms with Gasteiger partial charge < -0.3 is 4.42 Å². The summed E-state index contributed by atoms with van der Waals surface area (Å²) >= 11 is 0. The van der Waals surface area contributed by atoms with Crippen molar-refractivity contribution in [1.29, 1.82) is 0 Å². The van der Waals surface area contributed by atoms with Gasteiger partial charge in [0.1, 0.15) is 6.26 Å². The van der Waals surface area contributed by atoms with E-state index in [0.717, 1.165) is 22.2 Å². The Morgan fingerprint density at radius 3 is 3.00 bits per heavy atom. The average molecular weight is 358 g/mol. The minimum Gasteiger partial charge on any atom is -0.432 e. The zero-order valence-corrected chi connectivity index (χ0v) is 14.4. The van der Waals surface area contributed by atoms with Crippen molar-refractivity contribution in [3.63, 3.8) is 0 Å². The van der Waals surface area contributed by atoms with Gasteiger partial charge in [0.2, 0.25) is 5.65 Å². The number of rotatable bonds is 4. The van der Waals surface area contributed by atoms with Crippen LogP contribution in [0.1, 0.15) is 11.3 Å². The van der Waals surface area contributed by atoms with Crippen molar-refractivity contribution in [2.75, 3.05) is 5.32 Å². The number of nitrogens with one attached hydrogen (secondary N) is 1. The van der Waals surface area contributed by atoms with E-state index in [1.54, 1.807) is 23.3 Å². The Balaban J connectivity index is 1.47. The van der Waals surface area contributed by atoms with Crippen LogP contribution in [-0.2, 0) is 6.54 Å². The number of pyridine rings is 1. The van der Waals surface area contributed by atoms with Crippen LogP contribution in [0, 0.1) is 6.92 Å². The Hall–Kier alpha value is -3.88. The highest BCUT2D eigenvalue weighted by Gasteiger charge is 2.11. The quantitative estimate of drug-likeness (QED) is 0.522. The molecular formula is C18H14N8O. The van der Waals surface area contributed by atoms with E-state index in [2.05, 4.69) is 41.6 Å². The van der Waals surface area contributed by atoms with Gasteiger partial charge in [-0.05, 0) is 30.7 Å². The van der Waals surface area contributed by atoms with Gasteiger partial charge in [0, 0.05) is 11.6 Å². The smallest absolute Gasteiger partial charge is 0.300 e. The summed E-state index contributed by atoms with van der Waals surface area (Å²) in [5.74, 6) is 0.510. The maximum absolute atomic E-state index is 5.29. The molecule has 0 amide bonds. The largest absolute Gasteiger partial charge is 0.432 e. The van der Waals surface area contributed by atoms with Crippen LogP contribution in [0.15, 0.2) is 53.4 Å². The van der Waals surface area contributed by atoms with Gasteiger partial charge in [-0.25, -0.2) is 14.6 Å². The van der Waals surface area contributed by atoms with E-state index in [9.17, 15) is 0 Å². The number of benzene rings is 1. The van der Waals surface area contributed by atoms with Crippen LogP contribution in [0.4, 0.5) is 11.8 Å². The molecule has 0 spiro atoms. The van der Waals surface area contributed by atoms with Crippen molar-refractivity contribution >= 4 is 34.0 Å². The van der Waals surface area contributed by atoms with Gasteiger partial charge >= 0.3 is 6.01 Å². The normalized spacial score (nSPS) is 11.3. The fourth-order valence-corrected chi connectivity index (χ4v) is 2.84. The summed E-state index contributed by atoms with van der Waals surface area (Å²) in [6.45, 7) is 2.37. The molecule has 9 nitrogen and oxygen atoms in total. The van der Waals surface area contributed by atoms with E-state index >= 15 is 0 Å². The van der Waals surface area contributed by atoms with E-state index in [1.165, 1.54) is 0 Å². The maximum Gasteiger partial charge on any atom is 0.300 e. The molecule has 4 heterocycles. The van der Waals surface area contributed by atoms with Gasteiger partial charge in [0.05, 0.1) is 24.0 Å². The highest BCUT2D eigenvalue weighted by Crippen LogP contribution is 2.18. The number of aromatic nitrogens is 7. The van der Waals surface area contributed by atoms with E-state index in [4.69, 9.17) is 4.42 Å². The number of hydrogen-bond donors (Lipinski definition) is 1. The topological polar surface area (TPSA) is 107 Å². The van der Waals surface area contributed by atoms with E-state index < -0.39 is 0 Å².